The molecule has 2 rings (SSSR count). The molecule has 1 heterocycles. The molecule has 0 aliphatic carbocycles. The maximum absolute atomic E-state index is 12.3. The monoisotopic (exact) mass is 390 g/mol. The lowest BCUT2D eigenvalue weighted by atomic mass is 10.1. The van der Waals surface area contributed by atoms with Gasteiger partial charge in [0.15, 0.2) is 5.96 Å². The standard InChI is InChI=1S/C21H34N4O3/c1-4-17-7-6-8-19(13-17)24-20(26)14-23-21(22-5-2)25-10-9-18(15-25)16-28-12-11-27-3/h6-8,13,18H,4-5,9-12,14-16H2,1-3H3,(H,22,23)(H,24,26). The summed E-state index contributed by atoms with van der Waals surface area (Å²) >= 11 is 0. The Bertz CT molecular complexity index is 636. The minimum atomic E-state index is -0.109. The molecule has 1 amide bonds. The number of benzene rings is 1. The number of amides is 1. The summed E-state index contributed by atoms with van der Waals surface area (Å²) in [5.41, 5.74) is 2.02. The van der Waals surface area contributed by atoms with E-state index in [1.165, 1.54) is 5.56 Å². The van der Waals surface area contributed by atoms with Gasteiger partial charge in [-0.1, -0.05) is 19.1 Å². The number of hydrogen-bond donors (Lipinski definition) is 2. The smallest absolute Gasteiger partial charge is 0.246 e. The van der Waals surface area contributed by atoms with Gasteiger partial charge < -0.3 is 25.0 Å². The van der Waals surface area contributed by atoms with Gasteiger partial charge >= 0.3 is 0 Å². The van der Waals surface area contributed by atoms with Gasteiger partial charge in [0.1, 0.15) is 6.54 Å². The molecule has 1 saturated heterocycles. The number of carbonyl (C=O) groups is 1. The van der Waals surface area contributed by atoms with Gasteiger partial charge in [-0.3, -0.25) is 4.79 Å². The second-order valence-corrected chi connectivity index (χ2v) is 6.94. The van der Waals surface area contributed by atoms with Crippen molar-refractivity contribution in [3.05, 3.63) is 29.8 Å². The molecule has 1 fully saturated rings. The van der Waals surface area contributed by atoms with Gasteiger partial charge in [-0.2, -0.15) is 0 Å². The summed E-state index contributed by atoms with van der Waals surface area (Å²) in [6, 6.07) is 7.92. The SMILES string of the molecule is CCNC(=NCC(=O)Nc1cccc(CC)c1)N1CCC(COCCOC)C1. The van der Waals surface area contributed by atoms with Gasteiger partial charge in [-0.05, 0) is 37.5 Å². The second kappa shape index (κ2) is 12.4. The van der Waals surface area contributed by atoms with Gasteiger partial charge in [-0.25, -0.2) is 4.99 Å². The van der Waals surface area contributed by atoms with Crippen LogP contribution in [-0.4, -0.2) is 69.9 Å². The Morgan fingerprint density at radius 2 is 2.18 bits per heavy atom. The number of guanidine groups is 1. The Kier molecular flexibility index (Phi) is 9.79. The minimum Gasteiger partial charge on any atom is -0.382 e. The summed E-state index contributed by atoms with van der Waals surface area (Å²) in [4.78, 5) is 19.1. The van der Waals surface area contributed by atoms with E-state index in [1.807, 2.05) is 25.1 Å². The third kappa shape index (κ3) is 7.48. The molecule has 156 valence electrons. The number of likely N-dealkylation sites (tertiary alicyclic amines) is 1. The molecule has 1 aromatic carbocycles. The quantitative estimate of drug-likeness (QED) is 0.364. The van der Waals surface area contributed by atoms with E-state index in [0.29, 0.717) is 19.1 Å². The summed E-state index contributed by atoms with van der Waals surface area (Å²) in [5.74, 6) is 1.16. The number of hydrogen-bond acceptors (Lipinski definition) is 4. The Hall–Kier alpha value is -2.12. The van der Waals surface area contributed by atoms with Crippen molar-refractivity contribution in [3.63, 3.8) is 0 Å². The number of aliphatic imine (C=N–C) groups is 1. The van der Waals surface area contributed by atoms with Crippen LogP contribution >= 0.6 is 0 Å². The zero-order valence-electron chi connectivity index (χ0n) is 17.4. The number of carbonyl (C=O) groups excluding carboxylic acids is 1. The van der Waals surface area contributed by atoms with E-state index < -0.39 is 0 Å². The van der Waals surface area contributed by atoms with Crippen LogP contribution < -0.4 is 10.6 Å². The fourth-order valence-corrected chi connectivity index (χ4v) is 3.20. The van der Waals surface area contributed by atoms with Crippen molar-refractivity contribution in [2.45, 2.75) is 26.7 Å². The predicted molar refractivity (Wildman–Crippen MR) is 113 cm³/mol. The van der Waals surface area contributed by atoms with E-state index in [4.69, 9.17) is 9.47 Å². The molecule has 7 nitrogen and oxygen atoms in total. The third-order valence-corrected chi connectivity index (χ3v) is 4.70. The number of ether oxygens (including phenoxy) is 2. The molecule has 0 saturated carbocycles. The topological polar surface area (TPSA) is 75.2 Å². The second-order valence-electron chi connectivity index (χ2n) is 6.94. The summed E-state index contributed by atoms with van der Waals surface area (Å²) in [6.45, 7) is 8.79. The largest absolute Gasteiger partial charge is 0.382 e. The first kappa shape index (κ1) is 22.2. The normalized spacial score (nSPS) is 17.0. The maximum atomic E-state index is 12.3. The zero-order chi connectivity index (χ0) is 20.2. The van der Waals surface area contributed by atoms with Crippen LogP contribution in [-0.2, 0) is 20.7 Å². The average Bonchev–Trinajstić information content (AvgIpc) is 3.17. The van der Waals surface area contributed by atoms with Gasteiger partial charge in [0, 0.05) is 38.3 Å². The van der Waals surface area contributed by atoms with Crippen LogP contribution in [0, 0.1) is 5.92 Å². The molecule has 1 aliphatic heterocycles. The molecule has 7 heteroatoms. The fourth-order valence-electron chi connectivity index (χ4n) is 3.20. The Balaban J connectivity index is 1.85. The van der Waals surface area contributed by atoms with Crippen LogP contribution in [0.15, 0.2) is 29.3 Å². The summed E-state index contributed by atoms with van der Waals surface area (Å²) < 4.78 is 10.7. The van der Waals surface area contributed by atoms with Crippen molar-refractivity contribution in [1.29, 1.82) is 0 Å². The lowest BCUT2D eigenvalue weighted by Crippen LogP contribution is -2.40. The van der Waals surface area contributed by atoms with E-state index in [-0.39, 0.29) is 12.5 Å². The highest BCUT2D eigenvalue weighted by Crippen LogP contribution is 2.17. The lowest BCUT2D eigenvalue weighted by Gasteiger charge is -2.21. The van der Waals surface area contributed by atoms with Gasteiger partial charge in [0.05, 0.1) is 19.8 Å². The number of nitrogens with one attached hydrogen (secondary N) is 2. The molecule has 2 N–H and O–H groups in total. The molecule has 1 aromatic rings. The molecule has 28 heavy (non-hydrogen) atoms. The minimum absolute atomic E-state index is 0.101. The molecule has 1 unspecified atom stereocenters. The Labute approximate surface area is 168 Å². The number of nitrogens with zero attached hydrogens (tertiary/aromatic N) is 2. The molecule has 0 spiro atoms. The maximum Gasteiger partial charge on any atom is 0.246 e. The van der Waals surface area contributed by atoms with E-state index in [1.54, 1.807) is 7.11 Å². The molecule has 1 atom stereocenters. The highest BCUT2D eigenvalue weighted by atomic mass is 16.5. The van der Waals surface area contributed by atoms with Crippen LogP contribution in [0.25, 0.3) is 0 Å². The number of aryl methyl sites for hydroxylation is 1. The van der Waals surface area contributed by atoms with Crippen molar-refractivity contribution in [2.75, 3.05) is 58.4 Å². The first-order valence-electron chi connectivity index (χ1n) is 10.1. The van der Waals surface area contributed by atoms with E-state index >= 15 is 0 Å². The van der Waals surface area contributed by atoms with E-state index in [9.17, 15) is 4.79 Å². The van der Waals surface area contributed by atoms with Crippen molar-refractivity contribution >= 4 is 17.6 Å². The van der Waals surface area contributed by atoms with Crippen LogP contribution in [0.3, 0.4) is 0 Å². The molecular weight excluding hydrogens is 356 g/mol. The van der Waals surface area contributed by atoms with E-state index in [0.717, 1.165) is 50.7 Å². The molecule has 0 radical (unpaired) electrons. The summed E-state index contributed by atoms with van der Waals surface area (Å²) in [6.07, 6.45) is 2.01. The highest BCUT2D eigenvalue weighted by Gasteiger charge is 2.25. The number of methoxy groups -OCH3 is 1. The number of anilines is 1. The van der Waals surface area contributed by atoms with Gasteiger partial charge in [-0.15, -0.1) is 0 Å². The fraction of sp³-hybridized carbons (Fsp3) is 0.619. The van der Waals surface area contributed by atoms with Gasteiger partial charge in [0.2, 0.25) is 5.91 Å². The van der Waals surface area contributed by atoms with Crippen LogP contribution in [0.4, 0.5) is 5.69 Å². The Morgan fingerprint density at radius 1 is 1.32 bits per heavy atom. The first-order chi connectivity index (χ1) is 13.7. The molecule has 0 bridgehead atoms. The third-order valence-electron chi connectivity index (χ3n) is 4.70. The van der Waals surface area contributed by atoms with Crippen LogP contribution in [0.5, 0.6) is 0 Å². The zero-order valence-corrected chi connectivity index (χ0v) is 17.4. The first-order valence-corrected chi connectivity index (χ1v) is 10.1. The van der Waals surface area contributed by atoms with Gasteiger partial charge in [0.25, 0.3) is 0 Å². The Morgan fingerprint density at radius 3 is 2.93 bits per heavy atom. The van der Waals surface area contributed by atoms with Crippen molar-refractivity contribution in [2.24, 2.45) is 10.9 Å². The highest BCUT2D eigenvalue weighted by molar-refractivity contribution is 5.94. The number of rotatable bonds is 10. The average molecular weight is 391 g/mol. The molecule has 1 aliphatic rings. The van der Waals surface area contributed by atoms with Crippen molar-refractivity contribution < 1.29 is 14.3 Å². The summed E-state index contributed by atoms with van der Waals surface area (Å²) in [5, 5.41) is 6.22. The van der Waals surface area contributed by atoms with Crippen molar-refractivity contribution in [3.8, 4) is 0 Å². The summed E-state index contributed by atoms with van der Waals surface area (Å²) in [7, 11) is 1.68. The van der Waals surface area contributed by atoms with Crippen LogP contribution in [0.1, 0.15) is 25.8 Å². The molecule has 0 aromatic heterocycles. The van der Waals surface area contributed by atoms with E-state index in [2.05, 4.69) is 33.5 Å². The molecular formula is C21H34N4O3. The lowest BCUT2D eigenvalue weighted by molar-refractivity contribution is -0.114. The predicted octanol–water partition coefficient (Wildman–Crippen LogP) is 2.14. The van der Waals surface area contributed by atoms with Crippen LogP contribution in [0.2, 0.25) is 0 Å². The van der Waals surface area contributed by atoms with Crippen molar-refractivity contribution in [1.82, 2.24) is 10.2 Å².